The molecule has 5 heteroatoms. The predicted molar refractivity (Wildman–Crippen MR) is 95.8 cm³/mol. The fraction of sp³-hybridized carbons (Fsp3) is 0.100. The molecule has 0 fully saturated rings. The lowest BCUT2D eigenvalue weighted by molar-refractivity contribution is 0.0599. The van der Waals surface area contributed by atoms with Gasteiger partial charge in [-0.25, -0.2) is 4.79 Å². The number of carbonyl (C=O) groups is 1. The predicted octanol–water partition coefficient (Wildman–Crippen LogP) is 3.50. The van der Waals surface area contributed by atoms with Crippen molar-refractivity contribution in [3.05, 3.63) is 76.6 Å². The molecular weight excluding hydrogens is 318 g/mol. The van der Waals surface area contributed by atoms with Crippen molar-refractivity contribution in [3.8, 4) is 28.1 Å². The molecule has 25 heavy (non-hydrogen) atoms. The highest BCUT2D eigenvalue weighted by Gasteiger charge is 2.19. The standard InChI is InChI=1S/C20H17NO4/c1-24-15-10-6-9-14(11-15)17-12-16(13-7-4-3-5-8-13)18(19(22)21-17)20(23)25-2/h3-12H,1-2H3,(H,21,22). The lowest BCUT2D eigenvalue weighted by Crippen LogP contribution is -2.21. The van der Waals surface area contributed by atoms with E-state index in [0.717, 1.165) is 11.1 Å². The third kappa shape index (κ3) is 3.30. The number of methoxy groups -OCH3 is 2. The van der Waals surface area contributed by atoms with Crippen molar-refractivity contribution in [2.75, 3.05) is 14.2 Å². The fourth-order valence-corrected chi connectivity index (χ4v) is 2.66. The molecule has 0 amide bonds. The van der Waals surface area contributed by atoms with Gasteiger partial charge in [0.05, 0.1) is 14.2 Å². The molecule has 5 nitrogen and oxygen atoms in total. The van der Waals surface area contributed by atoms with Crippen molar-refractivity contribution >= 4 is 5.97 Å². The van der Waals surface area contributed by atoms with Gasteiger partial charge in [0.1, 0.15) is 11.3 Å². The first-order valence-corrected chi connectivity index (χ1v) is 7.69. The Morgan fingerprint density at radius 2 is 1.64 bits per heavy atom. The quantitative estimate of drug-likeness (QED) is 0.741. The van der Waals surface area contributed by atoms with Crippen LogP contribution in [0.5, 0.6) is 5.75 Å². The average Bonchev–Trinajstić information content (AvgIpc) is 2.67. The second kappa shape index (κ2) is 7.05. The molecule has 0 bridgehead atoms. The van der Waals surface area contributed by atoms with E-state index >= 15 is 0 Å². The number of aromatic amines is 1. The molecule has 0 saturated heterocycles. The van der Waals surface area contributed by atoms with Crippen LogP contribution in [0.3, 0.4) is 0 Å². The fourth-order valence-electron chi connectivity index (χ4n) is 2.66. The van der Waals surface area contributed by atoms with Crippen LogP contribution in [0, 0.1) is 0 Å². The number of carbonyl (C=O) groups excluding carboxylic acids is 1. The zero-order valence-electron chi connectivity index (χ0n) is 13.9. The highest BCUT2D eigenvalue weighted by atomic mass is 16.5. The number of esters is 1. The molecule has 1 N–H and O–H groups in total. The van der Waals surface area contributed by atoms with E-state index in [1.54, 1.807) is 13.2 Å². The van der Waals surface area contributed by atoms with Crippen LogP contribution in [0.1, 0.15) is 10.4 Å². The van der Waals surface area contributed by atoms with Crippen LogP contribution < -0.4 is 10.3 Å². The molecule has 0 saturated carbocycles. The minimum atomic E-state index is -0.669. The summed E-state index contributed by atoms with van der Waals surface area (Å²) in [6, 6.07) is 18.4. The van der Waals surface area contributed by atoms with Gasteiger partial charge in [0.15, 0.2) is 0 Å². The SMILES string of the molecule is COC(=O)c1c(-c2ccccc2)cc(-c2cccc(OC)c2)[nH]c1=O. The van der Waals surface area contributed by atoms with Crippen LogP contribution in [0.15, 0.2) is 65.5 Å². The van der Waals surface area contributed by atoms with Gasteiger partial charge >= 0.3 is 5.97 Å². The maximum atomic E-state index is 12.6. The van der Waals surface area contributed by atoms with Gasteiger partial charge in [0.25, 0.3) is 5.56 Å². The molecule has 1 heterocycles. The summed E-state index contributed by atoms with van der Waals surface area (Å²) in [6.07, 6.45) is 0. The molecule has 126 valence electrons. The van der Waals surface area contributed by atoms with Crippen LogP contribution in [-0.2, 0) is 4.74 Å². The van der Waals surface area contributed by atoms with E-state index < -0.39 is 11.5 Å². The van der Waals surface area contributed by atoms with Crippen LogP contribution in [-0.4, -0.2) is 25.2 Å². The van der Waals surface area contributed by atoms with E-state index in [0.29, 0.717) is 17.0 Å². The highest BCUT2D eigenvalue weighted by molar-refractivity contribution is 5.97. The van der Waals surface area contributed by atoms with Gasteiger partial charge in [-0.05, 0) is 23.8 Å². The Labute approximate surface area is 144 Å². The average molecular weight is 335 g/mol. The Bertz CT molecular complexity index is 961. The van der Waals surface area contributed by atoms with Gasteiger partial charge in [-0.2, -0.15) is 0 Å². The normalized spacial score (nSPS) is 10.3. The summed E-state index contributed by atoms with van der Waals surface area (Å²) in [6.45, 7) is 0. The lowest BCUT2D eigenvalue weighted by Gasteiger charge is -2.11. The molecule has 0 aliphatic carbocycles. The first-order valence-electron chi connectivity index (χ1n) is 7.69. The molecular formula is C20H17NO4. The van der Waals surface area contributed by atoms with Crippen molar-refractivity contribution in [1.29, 1.82) is 0 Å². The summed E-state index contributed by atoms with van der Waals surface area (Å²) < 4.78 is 10.0. The Kier molecular flexibility index (Phi) is 4.66. The number of H-pyrrole nitrogens is 1. The second-order valence-electron chi connectivity index (χ2n) is 5.39. The largest absolute Gasteiger partial charge is 0.497 e. The third-order valence-corrected chi connectivity index (χ3v) is 3.89. The van der Waals surface area contributed by atoms with Crippen LogP contribution in [0.2, 0.25) is 0 Å². The lowest BCUT2D eigenvalue weighted by atomic mass is 9.98. The number of nitrogens with one attached hydrogen (secondary N) is 1. The summed E-state index contributed by atoms with van der Waals surface area (Å²) in [7, 11) is 2.84. The number of pyridine rings is 1. The topological polar surface area (TPSA) is 68.4 Å². The zero-order valence-corrected chi connectivity index (χ0v) is 13.9. The van der Waals surface area contributed by atoms with Crippen molar-refractivity contribution in [3.63, 3.8) is 0 Å². The maximum absolute atomic E-state index is 12.6. The van der Waals surface area contributed by atoms with Crippen LogP contribution in [0.25, 0.3) is 22.4 Å². The number of ether oxygens (including phenoxy) is 2. The number of rotatable bonds is 4. The smallest absolute Gasteiger partial charge is 0.344 e. The minimum absolute atomic E-state index is 0.0136. The second-order valence-corrected chi connectivity index (χ2v) is 5.39. The summed E-state index contributed by atoms with van der Waals surface area (Å²) in [5.41, 5.74) is 2.15. The molecule has 0 atom stereocenters. The van der Waals surface area contributed by atoms with Crippen LogP contribution >= 0.6 is 0 Å². The van der Waals surface area contributed by atoms with Crippen molar-refractivity contribution < 1.29 is 14.3 Å². The number of hydrogen-bond acceptors (Lipinski definition) is 4. The molecule has 0 unspecified atom stereocenters. The van der Waals surface area contributed by atoms with E-state index in [9.17, 15) is 9.59 Å². The molecule has 3 rings (SSSR count). The summed E-state index contributed by atoms with van der Waals surface area (Å²) in [5.74, 6) is 0.00829. The maximum Gasteiger partial charge on any atom is 0.344 e. The molecule has 2 aromatic carbocycles. The summed E-state index contributed by atoms with van der Waals surface area (Å²) in [5, 5.41) is 0. The number of aromatic nitrogens is 1. The van der Waals surface area contributed by atoms with Gasteiger partial charge in [-0.3, -0.25) is 4.79 Å². The molecule has 0 spiro atoms. The van der Waals surface area contributed by atoms with Gasteiger partial charge in [-0.1, -0.05) is 42.5 Å². The van der Waals surface area contributed by atoms with E-state index in [-0.39, 0.29) is 5.56 Å². The van der Waals surface area contributed by atoms with E-state index in [1.807, 2.05) is 54.6 Å². The summed E-state index contributed by atoms with van der Waals surface area (Å²) >= 11 is 0. The number of hydrogen-bond donors (Lipinski definition) is 1. The first kappa shape index (κ1) is 16.5. The molecule has 1 aromatic heterocycles. The molecule has 3 aromatic rings. The Balaban J connectivity index is 2.25. The Morgan fingerprint density at radius 3 is 2.32 bits per heavy atom. The molecule has 0 aliphatic rings. The third-order valence-electron chi connectivity index (χ3n) is 3.89. The monoisotopic (exact) mass is 335 g/mol. The van der Waals surface area contributed by atoms with Gasteiger partial charge in [0.2, 0.25) is 0 Å². The molecule has 0 aliphatic heterocycles. The van der Waals surface area contributed by atoms with E-state index in [2.05, 4.69) is 4.98 Å². The zero-order chi connectivity index (χ0) is 17.8. The number of benzene rings is 2. The highest BCUT2D eigenvalue weighted by Crippen LogP contribution is 2.28. The van der Waals surface area contributed by atoms with Crippen molar-refractivity contribution in [2.45, 2.75) is 0 Å². The van der Waals surface area contributed by atoms with Gasteiger partial charge in [0, 0.05) is 16.8 Å². The summed E-state index contributed by atoms with van der Waals surface area (Å²) in [4.78, 5) is 27.4. The van der Waals surface area contributed by atoms with E-state index in [1.165, 1.54) is 7.11 Å². The first-order chi connectivity index (χ1) is 12.1. The van der Waals surface area contributed by atoms with Gasteiger partial charge in [-0.15, -0.1) is 0 Å². The van der Waals surface area contributed by atoms with Crippen molar-refractivity contribution in [1.82, 2.24) is 4.98 Å². The Morgan fingerprint density at radius 1 is 0.920 bits per heavy atom. The van der Waals surface area contributed by atoms with Gasteiger partial charge < -0.3 is 14.5 Å². The Hall–Kier alpha value is -3.34. The van der Waals surface area contributed by atoms with Crippen LogP contribution in [0.4, 0.5) is 0 Å². The van der Waals surface area contributed by atoms with E-state index in [4.69, 9.17) is 9.47 Å². The minimum Gasteiger partial charge on any atom is -0.497 e. The van der Waals surface area contributed by atoms with Crippen molar-refractivity contribution in [2.24, 2.45) is 0 Å². The molecule has 0 radical (unpaired) electrons.